The third-order valence-corrected chi connectivity index (χ3v) is 5.78. The summed E-state index contributed by atoms with van der Waals surface area (Å²) in [7, 11) is 1.68. The van der Waals surface area contributed by atoms with Crippen molar-refractivity contribution >= 4 is 6.29 Å². The third kappa shape index (κ3) is 3.02. The van der Waals surface area contributed by atoms with E-state index in [9.17, 15) is 4.79 Å². The summed E-state index contributed by atoms with van der Waals surface area (Å²) in [6.07, 6.45) is 3.01. The van der Waals surface area contributed by atoms with Crippen LogP contribution in [0, 0.1) is 0 Å². The lowest BCUT2D eigenvalue weighted by molar-refractivity contribution is -0.112. The van der Waals surface area contributed by atoms with E-state index in [1.165, 1.54) is 11.1 Å². The van der Waals surface area contributed by atoms with Crippen molar-refractivity contribution in [3.05, 3.63) is 102 Å². The van der Waals surface area contributed by atoms with Gasteiger partial charge in [-0.1, -0.05) is 72.8 Å². The van der Waals surface area contributed by atoms with Gasteiger partial charge < -0.3 is 9.53 Å². The molecule has 0 aliphatic carbocycles. The fourth-order valence-electron chi connectivity index (χ4n) is 4.54. The predicted molar refractivity (Wildman–Crippen MR) is 112 cm³/mol. The van der Waals surface area contributed by atoms with Crippen molar-refractivity contribution < 1.29 is 9.53 Å². The Hall–Kier alpha value is -2.91. The van der Waals surface area contributed by atoms with Gasteiger partial charge in [-0.2, -0.15) is 0 Å². The van der Waals surface area contributed by atoms with E-state index in [0.717, 1.165) is 37.0 Å². The maximum absolute atomic E-state index is 12.0. The molecule has 0 radical (unpaired) electrons. The topological polar surface area (TPSA) is 29.5 Å². The van der Waals surface area contributed by atoms with Gasteiger partial charge in [0.15, 0.2) is 0 Å². The van der Waals surface area contributed by atoms with Crippen molar-refractivity contribution in [2.75, 3.05) is 13.7 Å². The van der Waals surface area contributed by atoms with E-state index in [1.807, 2.05) is 24.3 Å². The molecule has 3 nitrogen and oxygen atoms in total. The Morgan fingerprint density at radius 1 is 0.857 bits per heavy atom. The zero-order valence-electron chi connectivity index (χ0n) is 16.1. The number of nitrogens with zero attached hydrogens (tertiary/aromatic N) is 1. The summed E-state index contributed by atoms with van der Waals surface area (Å²) >= 11 is 0. The molecular formula is C25H25NO2. The highest BCUT2D eigenvalue weighted by molar-refractivity contribution is 5.61. The summed E-state index contributed by atoms with van der Waals surface area (Å²) in [6, 6.07) is 29.2. The molecule has 1 saturated heterocycles. The molecule has 1 heterocycles. The molecule has 1 aliphatic heterocycles. The number of aldehydes is 1. The predicted octanol–water partition coefficient (Wildman–Crippen LogP) is 4.65. The van der Waals surface area contributed by atoms with Gasteiger partial charge in [-0.15, -0.1) is 0 Å². The zero-order chi connectivity index (χ0) is 19.4. The van der Waals surface area contributed by atoms with Crippen LogP contribution in [-0.2, 0) is 10.3 Å². The first kappa shape index (κ1) is 18.5. The van der Waals surface area contributed by atoms with Gasteiger partial charge in [0.05, 0.1) is 18.7 Å². The summed E-state index contributed by atoms with van der Waals surface area (Å²) in [5.74, 6) is 0.826. The van der Waals surface area contributed by atoms with Gasteiger partial charge in [0.2, 0.25) is 0 Å². The van der Waals surface area contributed by atoms with Crippen LogP contribution in [0.5, 0.6) is 5.75 Å². The first-order valence-corrected chi connectivity index (χ1v) is 9.78. The van der Waals surface area contributed by atoms with Crippen molar-refractivity contribution in [3.8, 4) is 5.75 Å². The van der Waals surface area contributed by atoms with Crippen LogP contribution in [-0.4, -0.2) is 30.9 Å². The van der Waals surface area contributed by atoms with Crippen LogP contribution in [0.15, 0.2) is 84.9 Å². The second kappa shape index (κ2) is 7.99. The Balaban J connectivity index is 2.03. The number of rotatable bonds is 6. The van der Waals surface area contributed by atoms with Crippen LogP contribution < -0.4 is 4.74 Å². The lowest BCUT2D eigenvalue weighted by atomic mass is 9.75. The third-order valence-electron chi connectivity index (χ3n) is 5.78. The molecule has 142 valence electrons. The van der Waals surface area contributed by atoms with Crippen LogP contribution in [0.4, 0.5) is 0 Å². The van der Waals surface area contributed by atoms with Gasteiger partial charge in [0.1, 0.15) is 12.0 Å². The minimum Gasteiger partial charge on any atom is -0.497 e. The molecule has 0 bridgehead atoms. The van der Waals surface area contributed by atoms with Crippen LogP contribution in [0.3, 0.4) is 0 Å². The lowest BCUT2D eigenvalue weighted by Gasteiger charge is -2.45. The minimum absolute atomic E-state index is 0.109. The quantitative estimate of drug-likeness (QED) is 0.467. The second-order valence-electron chi connectivity index (χ2n) is 7.21. The summed E-state index contributed by atoms with van der Waals surface area (Å²) in [4.78, 5) is 14.4. The van der Waals surface area contributed by atoms with Crippen LogP contribution in [0.1, 0.15) is 29.5 Å². The van der Waals surface area contributed by atoms with Crippen molar-refractivity contribution in [1.82, 2.24) is 4.90 Å². The Labute approximate surface area is 166 Å². The van der Waals surface area contributed by atoms with E-state index in [-0.39, 0.29) is 6.04 Å². The van der Waals surface area contributed by atoms with Gasteiger partial charge in [-0.05, 0) is 41.7 Å². The van der Waals surface area contributed by atoms with Crippen molar-refractivity contribution in [2.24, 2.45) is 0 Å². The molecule has 3 aromatic carbocycles. The Kier molecular flexibility index (Phi) is 5.27. The number of carbonyl (C=O) groups excluding carboxylic acids is 1. The Bertz CT molecular complexity index is 867. The highest BCUT2D eigenvalue weighted by Gasteiger charge is 2.46. The maximum atomic E-state index is 12.0. The normalized spacial score (nSPS) is 17.4. The fraction of sp³-hybridized carbons (Fsp3) is 0.240. The Morgan fingerprint density at radius 3 is 1.89 bits per heavy atom. The van der Waals surface area contributed by atoms with Crippen LogP contribution in [0.2, 0.25) is 0 Å². The first-order chi connectivity index (χ1) is 13.8. The van der Waals surface area contributed by atoms with Crippen molar-refractivity contribution in [1.29, 1.82) is 0 Å². The number of ether oxygens (including phenoxy) is 1. The van der Waals surface area contributed by atoms with Gasteiger partial charge in [0, 0.05) is 6.54 Å². The molecule has 1 aliphatic rings. The number of methoxy groups -OCH3 is 1. The molecule has 3 heteroatoms. The van der Waals surface area contributed by atoms with Gasteiger partial charge >= 0.3 is 0 Å². The van der Waals surface area contributed by atoms with Crippen molar-refractivity contribution in [3.63, 3.8) is 0 Å². The first-order valence-electron chi connectivity index (χ1n) is 9.78. The van der Waals surface area contributed by atoms with Crippen molar-refractivity contribution in [2.45, 2.75) is 24.4 Å². The van der Waals surface area contributed by atoms with E-state index in [4.69, 9.17) is 4.74 Å². The standard InChI is InChI=1S/C25H25NO2/c1-28-24-16-14-22(15-17-24)25(20-9-4-2-5-10-20,21-11-6-3-7-12-21)26-18-8-13-23(26)19-27/h2-7,9-12,14-17,19,23H,8,13,18H2,1H3/t23-/m0/s1. The molecule has 0 saturated carbocycles. The molecule has 0 amide bonds. The number of carbonyl (C=O) groups is 1. The summed E-state index contributed by atoms with van der Waals surface area (Å²) in [5.41, 5.74) is 2.94. The van der Waals surface area contributed by atoms with Gasteiger partial charge in [-0.25, -0.2) is 0 Å². The lowest BCUT2D eigenvalue weighted by Crippen LogP contribution is -2.50. The minimum atomic E-state index is -0.531. The van der Waals surface area contributed by atoms with Gasteiger partial charge in [-0.3, -0.25) is 4.90 Å². The van der Waals surface area contributed by atoms with Gasteiger partial charge in [0.25, 0.3) is 0 Å². The molecule has 1 fully saturated rings. The SMILES string of the molecule is COc1ccc(C(c2ccccc2)(c2ccccc2)N2CCC[C@H]2C=O)cc1. The number of likely N-dealkylation sites (tertiary alicyclic amines) is 1. The molecule has 4 rings (SSSR count). The summed E-state index contributed by atoms with van der Waals surface area (Å²) in [5, 5.41) is 0. The molecule has 0 aromatic heterocycles. The molecule has 0 N–H and O–H groups in total. The van der Waals surface area contributed by atoms with E-state index in [0.29, 0.717) is 0 Å². The van der Waals surface area contributed by atoms with E-state index in [1.54, 1.807) is 7.11 Å². The largest absolute Gasteiger partial charge is 0.497 e. The van der Waals surface area contributed by atoms with Crippen LogP contribution >= 0.6 is 0 Å². The molecule has 0 spiro atoms. The van der Waals surface area contributed by atoms with E-state index in [2.05, 4.69) is 65.6 Å². The summed E-state index contributed by atoms with van der Waals surface area (Å²) < 4.78 is 5.39. The molecular weight excluding hydrogens is 346 g/mol. The average molecular weight is 371 g/mol. The molecule has 28 heavy (non-hydrogen) atoms. The average Bonchev–Trinajstić information content (AvgIpc) is 3.25. The number of hydrogen-bond acceptors (Lipinski definition) is 3. The second-order valence-corrected chi connectivity index (χ2v) is 7.21. The highest BCUT2D eigenvalue weighted by atomic mass is 16.5. The zero-order valence-corrected chi connectivity index (χ0v) is 16.1. The Morgan fingerprint density at radius 2 is 1.39 bits per heavy atom. The smallest absolute Gasteiger partial charge is 0.137 e. The molecule has 1 atom stereocenters. The maximum Gasteiger partial charge on any atom is 0.137 e. The van der Waals surface area contributed by atoms with Crippen LogP contribution in [0.25, 0.3) is 0 Å². The fourth-order valence-corrected chi connectivity index (χ4v) is 4.54. The van der Waals surface area contributed by atoms with E-state index < -0.39 is 5.54 Å². The highest BCUT2D eigenvalue weighted by Crippen LogP contribution is 2.45. The molecule has 3 aromatic rings. The van der Waals surface area contributed by atoms with E-state index >= 15 is 0 Å². The number of benzene rings is 3. The monoisotopic (exact) mass is 371 g/mol. The number of hydrogen-bond donors (Lipinski definition) is 0. The summed E-state index contributed by atoms with van der Waals surface area (Å²) in [6.45, 7) is 0.874. The molecule has 0 unspecified atom stereocenters.